The number of rotatable bonds is 4. The van der Waals surface area contributed by atoms with E-state index in [4.69, 9.17) is 0 Å². The predicted octanol–water partition coefficient (Wildman–Crippen LogP) is 3.18. The quantitative estimate of drug-likeness (QED) is 0.679. The molecule has 0 bridgehead atoms. The lowest BCUT2D eigenvalue weighted by molar-refractivity contribution is -0.140. The Kier molecular flexibility index (Phi) is 3.84. The Morgan fingerprint density at radius 2 is 1.96 bits per heavy atom. The smallest absolute Gasteiger partial charge is 0.388 e. The number of aliphatic hydroxyl groups is 1. The van der Waals surface area contributed by atoms with Crippen molar-refractivity contribution in [2.75, 3.05) is 5.32 Å². The van der Waals surface area contributed by atoms with Crippen molar-refractivity contribution in [2.45, 2.75) is 38.1 Å². The van der Waals surface area contributed by atoms with Crippen LogP contribution in [0.1, 0.15) is 35.5 Å². The van der Waals surface area contributed by atoms with Gasteiger partial charge in [0.15, 0.2) is 5.82 Å². The van der Waals surface area contributed by atoms with Crippen molar-refractivity contribution in [1.82, 2.24) is 19.6 Å². The normalized spacial score (nSPS) is 15.9. The second kappa shape index (κ2) is 5.88. The van der Waals surface area contributed by atoms with Crippen LogP contribution in [0, 0.1) is 12.7 Å². The molecule has 0 saturated heterocycles. The number of fused-ring (bicyclic) bond motifs is 1. The van der Waals surface area contributed by atoms with Crippen molar-refractivity contribution in [3.8, 4) is 0 Å². The van der Waals surface area contributed by atoms with E-state index < -0.39 is 23.1 Å². The molecule has 0 radical (unpaired) electrons. The van der Waals surface area contributed by atoms with Gasteiger partial charge in [-0.1, -0.05) is 6.07 Å². The molecule has 1 fully saturated rings. The highest BCUT2D eigenvalue weighted by atomic mass is 19.4. The molecule has 10 heteroatoms. The number of benzene rings is 1. The fraction of sp³-hybridized carbons (Fsp3) is 0.353. The molecule has 4 rings (SSSR count). The third kappa shape index (κ3) is 3.09. The molecule has 0 spiro atoms. The Bertz CT molecular complexity index is 1030. The number of anilines is 1. The number of hydrogen-bond acceptors (Lipinski definition) is 5. The summed E-state index contributed by atoms with van der Waals surface area (Å²) in [4.78, 5) is 8.33. The van der Waals surface area contributed by atoms with Crippen LogP contribution in [0.2, 0.25) is 0 Å². The van der Waals surface area contributed by atoms with Gasteiger partial charge in [-0.05, 0) is 37.5 Å². The largest absolute Gasteiger partial charge is 0.419 e. The average molecular weight is 381 g/mol. The van der Waals surface area contributed by atoms with Crippen molar-refractivity contribution >= 4 is 11.6 Å². The average Bonchev–Trinajstić information content (AvgIpc) is 3.24. The topological polar surface area (TPSA) is 75.3 Å². The number of aliphatic hydroxyl groups excluding tert-OH is 1. The molecule has 1 aromatic carbocycles. The zero-order valence-corrected chi connectivity index (χ0v) is 14.2. The number of nitrogens with one attached hydrogen (secondary N) is 1. The summed E-state index contributed by atoms with van der Waals surface area (Å²) >= 11 is 0. The Morgan fingerprint density at radius 3 is 2.56 bits per heavy atom. The predicted molar refractivity (Wildman–Crippen MR) is 87.4 cm³/mol. The highest BCUT2D eigenvalue weighted by molar-refractivity contribution is 5.51. The van der Waals surface area contributed by atoms with Gasteiger partial charge in [0.2, 0.25) is 0 Å². The van der Waals surface area contributed by atoms with Gasteiger partial charge >= 0.3 is 6.18 Å². The molecule has 0 amide bonds. The second-order valence-corrected chi connectivity index (χ2v) is 6.58. The molecule has 0 atom stereocenters. The molecule has 0 unspecified atom stereocenters. The number of hydrogen-bond donors (Lipinski definition) is 2. The Morgan fingerprint density at radius 1 is 1.22 bits per heavy atom. The minimum absolute atomic E-state index is 0.196. The first-order chi connectivity index (χ1) is 12.7. The van der Waals surface area contributed by atoms with E-state index >= 15 is 0 Å². The third-order valence-electron chi connectivity index (χ3n) is 4.57. The van der Waals surface area contributed by atoms with Crippen molar-refractivity contribution in [3.05, 3.63) is 52.7 Å². The van der Waals surface area contributed by atoms with Crippen molar-refractivity contribution in [3.63, 3.8) is 0 Å². The summed E-state index contributed by atoms with van der Waals surface area (Å²) in [5.74, 6) is -0.299. The van der Waals surface area contributed by atoms with Crippen molar-refractivity contribution < 1.29 is 22.7 Å². The summed E-state index contributed by atoms with van der Waals surface area (Å²) in [6, 6.07) is 4.69. The monoisotopic (exact) mass is 381 g/mol. The number of halogens is 4. The van der Waals surface area contributed by atoms with Crippen molar-refractivity contribution in [1.29, 1.82) is 0 Å². The van der Waals surface area contributed by atoms with Crippen LogP contribution >= 0.6 is 0 Å². The molecule has 2 aromatic heterocycles. The summed E-state index contributed by atoms with van der Waals surface area (Å²) in [5.41, 5.74) is -0.890. The van der Waals surface area contributed by atoms with Gasteiger partial charge < -0.3 is 10.4 Å². The van der Waals surface area contributed by atoms with Gasteiger partial charge in [-0.15, -0.1) is 5.10 Å². The number of nitrogens with zero attached hydrogens (tertiary/aromatic N) is 4. The summed E-state index contributed by atoms with van der Waals surface area (Å²) in [7, 11) is 0. The van der Waals surface area contributed by atoms with E-state index in [0.717, 1.165) is 12.1 Å². The zero-order chi connectivity index (χ0) is 19.4. The van der Waals surface area contributed by atoms with Crippen LogP contribution in [-0.4, -0.2) is 24.7 Å². The summed E-state index contributed by atoms with van der Waals surface area (Å²) in [5, 5.41) is 16.6. The molecular formula is C17H15F4N5O. The van der Waals surface area contributed by atoms with Crippen LogP contribution in [-0.2, 0) is 18.3 Å². The van der Waals surface area contributed by atoms with Gasteiger partial charge in [-0.25, -0.2) is 9.37 Å². The molecule has 3 aromatic rings. The van der Waals surface area contributed by atoms with Gasteiger partial charge in [-0.2, -0.15) is 22.7 Å². The Balaban J connectivity index is 1.72. The van der Waals surface area contributed by atoms with Crippen LogP contribution in [0.4, 0.5) is 23.4 Å². The van der Waals surface area contributed by atoms with E-state index in [9.17, 15) is 22.7 Å². The van der Waals surface area contributed by atoms with E-state index in [1.165, 1.54) is 10.6 Å². The first-order valence-electron chi connectivity index (χ1n) is 8.21. The van der Waals surface area contributed by atoms with Crippen LogP contribution in [0.25, 0.3) is 5.78 Å². The SMILES string of the molecule is Cc1cc(NC2(c3ccc(C(F)(F)F)c(F)c3)CC2)n2nc(CO)nc2n1. The molecule has 1 saturated carbocycles. The Hall–Kier alpha value is -2.75. The van der Waals surface area contributed by atoms with Gasteiger partial charge in [0.1, 0.15) is 18.2 Å². The second-order valence-electron chi connectivity index (χ2n) is 6.58. The first-order valence-corrected chi connectivity index (χ1v) is 8.21. The lowest BCUT2D eigenvalue weighted by atomic mass is 10.0. The van der Waals surface area contributed by atoms with E-state index in [1.807, 2.05) is 0 Å². The third-order valence-corrected chi connectivity index (χ3v) is 4.57. The van der Waals surface area contributed by atoms with Gasteiger partial charge in [0, 0.05) is 11.8 Å². The van der Waals surface area contributed by atoms with Gasteiger partial charge in [-0.3, -0.25) is 0 Å². The molecule has 6 nitrogen and oxygen atoms in total. The van der Waals surface area contributed by atoms with Crippen LogP contribution < -0.4 is 5.32 Å². The highest BCUT2D eigenvalue weighted by Gasteiger charge is 2.46. The standard InChI is InChI=1S/C17H15F4N5O/c1-9-6-14(26-15(22-9)23-13(8-27)25-26)24-16(4-5-16)10-2-3-11(12(18)7-10)17(19,20)21/h2-3,6-7,24,27H,4-5,8H2,1H3. The fourth-order valence-electron chi connectivity index (χ4n) is 3.08. The van der Waals surface area contributed by atoms with Crippen molar-refractivity contribution in [2.24, 2.45) is 0 Å². The maximum atomic E-state index is 14.0. The minimum atomic E-state index is -4.73. The molecular weight excluding hydrogens is 366 g/mol. The molecule has 142 valence electrons. The Labute approximate surface area is 150 Å². The minimum Gasteiger partial charge on any atom is -0.388 e. The highest BCUT2D eigenvalue weighted by Crippen LogP contribution is 2.49. The first kappa shape index (κ1) is 17.7. The molecule has 1 aliphatic rings. The molecule has 0 aliphatic heterocycles. The fourth-order valence-corrected chi connectivity index (χ4v) is 3.08. The molecule has 1 aliphatic carbocycles. The van der Waals surface area contributed by atoms with E-state index in [-0.39, 0.29) is 18.2 Å². The van der Waals surface area contributed by atoms with E-state index in [0.29, 0.717) is 29.9 Å². The van der Waals surface area contributed by atoms with Gasteiger partial charge in [0.25, 0.3) is 5.78 Å². The number of alkyl halides is 3. The lowest BCUT2D eigenvalue weighted by Crippen LogP contribution is -2.22. The maximum Gasteiger partial charge on any atom is 0.419 e. The molecule has 2 heterocycles. The number of aryl methyl sites for hydroxylation is 1. The van der Waals surface area contributed by atoms with Gasteiger partial charge in [0.05, 0.1) is 11.1 Å². The summed E-state index contributed by atoms with van der Waals surface area (Å²) < 4.78 is 53.8. The zero-order valence-electron chi connectivity index (χ0n) is 14.2. The van der Waals surface area contributed by atoms with Crippen LogP contribution in [0.5, 0.6) is 0 Å². The van der Waals surface area contributed by atoms with E-state index in [1.54, 1.807) is 13.0 Å². The van der Waals surface area contributed by atoms with Crippen LogP contribution in [0.3, 0.4) is 0 Å². The van der Waals surface area contributed by atoms with Crippen LogP contribution in [0.15, 0.2) is 24.3 Å². The van der Waals surface area contributed by atoms with E-state index in [2.05, 4.69) is 20.4 Å². The lowest BCUT2D eigenvalue weighted by Gasteiger charge is -2.21. The number of aromatic nitrogens is 4. The summed E-state index contributed by atoms with van der Waals surface area (Å²) in [6.45, 7) is 1.41. The molecule has 2 N–H and O–H groups in total. The summed E-state index contributed by atoms with van der Waals surface area (Å²) in [6.07, 6.45) is -3.48. The maximum absolute atomic E-state index is 14.0. The molecule has 27 heavy (non-hydrogen) atoms.